The van der Waals surface area contributed by atoms with Crippen molar-refractivity contribution in [2.45, 2.75) is 44.6 Å². The zero-order valence-corrected chi connectivity index (χ0v) is 18.0. The number of methoxy groups -OCH3 is 1. The molecule has 150 valence electrons. The second kappa shape index (κ2) is 9.64. The van der Waals surface area contributed by atoms with E-state index in [0.717, 1.165) is 21.7 Å². The second-order valence-corrected chi connectivity index (χ2v) is 7.68. The van der Waals surface area contributed by atoms with E-state index < -0.39 is 12.1 Å². The molecular formula is C22H27NO4S. The standard InChI is InChI=1S/C22H27NO4S/c1-13(2)17-9-7-8-14(3)20(17)23-21(24)15(4)27-22(25)18-11-10-16(28-6)12-19(18)26-5/h7-13,15H,1-6H3,(H,23,24)/t15-/m0/s1. The van der Waals surface area contributed by atoms with Crippen LogP contribution in [0.4, 0.5) is 5.69 Å². The molecule has 0 fully saturated rings. The van der Waals surface area contributed by atoms with Crippen molar-refractivity contribution < 1.29 is 19.1 Å². The van der Waals surface area contributed by atoms with Crippen molar-refractivity contribution in [1.82, 2.24) is 0 Å². The zero-order valence-electron chi connectivity index (χ0n) is 17.2. The number of aryl methyl sites for hydroxylation is 1. The molecule has 2 aromatic carbocycles. The van der Waals surface area contributed by atoms with Crippen LogP contribution in [0.2, 0.25) is 0 Å². The summed E-state index contributed by atoms with van der Waals surface area (Å²) in [6, 6.07) is 11.1. The highest BCUT2D eigenvalue weighted by molar-refractivity contribution is 7.98. The van der Waals surface area contributed by atoms with Gasteiger partial charge in [-0.3, -0.25) is 4.79 Å². The van der Waals surface area contributed by atoms with E-state index in [1.54, 1.807) is 30.8 Å². The molecule has 1 N–H and O–H groups in total. The van der Waals surface area contributed by atoms with Crippen LogP contribution in [0.3, 0.4) is 0 Å². The van der Waals surface area contributed by atoms with E-state index in [4.69, 9.17) is 9.47 Å². The van der Waals surface area contributed by atoms with E-state index in [2.05, 4.69) is 19.2 Å². The minimum atomic E-state index is -0.947. The average molecular weight is 402 g/mol. The highest BCUT2D eigenvalue weighted by Crippen LogP contribution is 2.28. The summed E-state index contributed by atoms with van der Waals surface area (Å²) >= 11 is 1.55. The smallest absolute Gasteiger partial charge is 0.342 e. The Morgan fingerprint density at radius 3 is 2.43 bits per heavy atom. The van der Waals surface area contributed by atoms with E-state index in [9.17, 15) is 9.59 Å². The zero-order chi connectivity index (χ0) is 20.8. The first kappa shape index (κ1) is 21.8. The van der Waals surface area contributed by atoms with Gasteiger partial charge in [-0.1, -0.05) is 32.0 Å². The predicted octanol–water partition coefficient (Wildman–Crippen LogP) is 5.03. The maximum atomic E-state index is 12.6. The van der Waals surface area contributed by atoms with Crippen molar-refractivity contribution in [1.29, 1.82) is 0 Å². The van der Waals surface area contributed by atoms with Crippen molar-refractivity contribution in [2.75, 3.05) is 18.7 Å². The number of hydrogen-bond acceptors (Lipinski definition) is 5. The second-order valence-electron chi connectivity index (χ2n) is 6.80. The molecule has 0 saturated carbocycles. The first-order chi connectivity index (χ1) is 13.3. The first-order valence-corrected chi connectivity index (χ1v) is 10.3. The van der Waals surface area contributed by atoms with Crippen LogP contribution in [0, 0.1) is 6.92 Å². The number of anilines is 1. The van der Waals surface area contributed by atoms with Gasteiger partial charge in [-0.15, -0.1) is 11.8 Å². The number of nitrogens with one attached hydrogen (secondary N) is 1. The minimum Gasteiger partial charge on any atom is -0.496 e. The summed E-state index contributed by atoms with van der Waals surface area (Å²) in [6.45, 7) is 7.64. The maximum Gasteiger partial charge on any atom is 0.342 e. The van der Waals surface area contributed by atoms with Crippen LogP contribution in [0.15, 0.2) is 41.3 Å². The molecule has 5 nitrogen and oxygen atoms in total. The largest absolute Gasteiger partial charge is 0.496 e. The van der Waals surface area contributed by atoms with Gasteiger partial charge in [0, 0.05) is 10.6 Å². The molecule has 1 atom stereocenters. The highest BCUT2D eigenvalue weighted by Gasteiger charge is 2.23. The summed E-state index contributed by atoms with van der Waals surface area (Å²) in [5, 5.41) is 2.91. The lowest BCUT2D eigenvalue weighted by Gasteiger charge is -2.19. The third kappa shape index (κ3) is 5.07. The van der Waals surface area contributed by atoms with E-state index in [0.29, 0.717) is 11.3 Å². The molecule has 0 aliphatic carbocycles. The fourth-order valence-corrected chi connectivity index (χ4v) is 3.24. The molecule has 0 bridgehead atoms. The molecular weight excluding hydrogens is 374 g/mol. The number of esters is 1. The fourth-order valence-electron chi connectivity index (χ4n) is 2.81. The van der Waals surface area contributed by atoms with Gasteiger partial charge < -0.3 is 14.8 Å². The third-order valence-corrected chi connectivity index (χ3v) is 5.18. The van der Waals surface area contributed by atoms with Crippen molar-refractivity contribution in [2.24, 2.45) is 0 Å². The van der Waals surface area contributed by atoms with Gasteiger partial charge in [0.25, 0.3) is 5.91 Å². The Balaban J connectivity index is 2.14. The number of amides is 1. The van der Waals surface area contributed by atoms with Gasteiger partial charge in [-0.2, -0.15) is 0 Å². The molecule has 0 saturated heterocycles. The van der Waals surface area contributed by atoms with Crippen LogP contribution >= 0.6 is 11.8 Å². The van der Waals surface area contributed by atoms with Crippen LogP contribution in [-0.2, 0) is 9.53 Å². The van der Waals surface area contributed by atoms with E-state index in [1.165, 1.54) is 7.11 Å². The predicted molar refractivity (Wildman–Crippen MR) is 114 cm³/mol. The van der Waals surface area contributed by atoms with Crippen molar-refractivity contribution in [3.05, 3.63) is 53.1 Å². The van der Waals surface area contributed by atoms with Crippen LogP contribution < -0.4 is 10.1 Å². The number of thioether (sulfide) groups is 1. The Kier molecular flexibility index (Phi) is 7.52. The summed E-state index contributed by atoms with van der Waals surface area (Å²) < 4.78 is 10.7. The summed E-state index contributed by atoms with van der Waals surface area (Å²) in [5.74, 6) is -0.289. The van der Waals surface area contributed by atoms with Gasteiger partial charge >= 0.3 is 5.97 Å². The van der Waals surface area contributed by atoms with Gasteiger partial charge in [-0.25, -0.2) is 4.79 Å². The minimum absolute atomic E-state index is 0.257. The first-order valence-electron chi connectivity index (χ1n) is 9.11. The average Bonchev–Trinajstić information content (AvgIpc) is 2.68. The number of para-hydroxylation sites is 1. The molecule has 0 heterocycles. The third-order valence-electron chi connectivity index (χ3n) is 4.46. The molecule has 1 amide bonds. The quantitative estimate of drug-likeness (QED) is 0.520. The summed E-state index contributed by atoms with van der Waals surface area (Å²) in [7, 11) is 1.50. The number of hydrogen-bond donors (Lipinski definition) is 1. The van der Waals surface area contributed by atoms with Gasteiger partial charge in [0.2, 0.25) is 0 Å². The Morgan fingerprint density at radius 2 is 1.82 bits per heavy atom. The van der Waals surface area contributed by atoms with Gasteiger partial charge in [0.1, 0.15) is 11.3 Å². The summed E-state index contributed by atoms with van der Waals surface area (Å²) in [5.41, 5.74) is 3.07. The lowest BCUT2D eigenvalue weighted by Crippen LogP contribution is -2.30. The van der Waals surface area contributed by atoms with Crippen LogP contribution in [-0.4, -0.2) is 31.3 Å². The highest BCUT2D eigenvalue weighted by atomic mass is 32.2. The number of carbonyl (C=O) groups excluding carboxylic acids is 2. The summed E-state index contributed by atoms with van der Waals surface area (Å²) in [4.78, 5) is 26.2. The molecule has 0 unspecified atom stereocenters. The Bertz CT molecular complexity index is 864. The number of rotatable bonds is 7. The Labute approximate surface area is 170 Å². The van der Waals surface area contributed by atoms with Crippen LogP contribution in [0.1, 0.15) is 48.2 Å². The van der Waals surface area contributed by atoms with Gasteiger partial charge in [-0.05, 0) is 55.3 Å². The number of carbonyl (C=O) groups is 2. The lowest BCUT2D eigenvalue weighted by molar-refractivity contribution is -0.123. The maximum absolute atomic E-state index is 12.6. The van der Waals surface area contributed by atoms with E-state index in [-0.39, 0.29) is 11.8 Å². The topological polar surface area (TPSA) is 64.6 Å². The Morgan fingerprint density at radius 1 is 1.11 bits per heavy atom. The van der Waals surface area contributed by atoms with Crippen molar-refractivity contribution in [3.63, 3.8) is 0 Å². The Hall–Kier alpha value is -2.47. The molecule has 0 aliphatic heterocycles. The fraction of sp³-hybridized carbons (Fsp3) is 0.364. The lowest BCUT2D eigenvalue weighted by atomic mass is 9.98. The van der Waals surface area contributed by atoms with Crippen LogP contribution in [0.25, 0.3) is 0 Å². The molecule has 28 heavy (non-hydrogen) atoms. The number of benzene rings is 2. The van der Waals surface area contributed by atoms with Crippen molar-refractivity contribution >= 4 is 29.3 Å². The van der Waals surface area contributed by atoms with Crippen molar-refractivity contribution in [3.8, 4) is 5.75 Å². The molecule has 6 heteroatoms. The molecule has 0 radical (unpaired) electrons. The normalized spacial score (nSPS) is 11.8. The van der Waals surface area contributed by atoms with Gasteiger partial charge in [0.15, 0.2) is 6.10 Å². The molecule has 0 spiro atoms. The number of ether oxygens (including phenoxy) is 2. The molecule has 0 aromatic heterocycles. The molecule has 0 aliphatic rings. The SMILES string of the molecule is COc1cc(SC)ccc1C(=O)O[C@@H](C)C(=O)Nc1c(C)cccc1C(C)C. The summed E-state index contributed by atoms with van der Waals surface area (Å²) in [6.07, 6.45) is 0.993. The molecule has 2 rings (SSSR count). The van der Waals surface area contributed by atoms with E-state index >= 15 is 0 Å². The monoisotopic (exact) mass is 401 g/mol. The van der Waals surface area contributed by atoms with Gasteiger partial charge in [0.05, 0.1) is 7.11 Å². The molecule has 2 aromatic rings. The van der Waals surface area contributed by atoms with Crippen LogP contribution in [0.5, 0.6) is 5.75 Å². The van der Waals surface area contributed by atoms with E-state index in [1.807, 2.05) is 37.4 Å².